The van der Waals surface area contributed by atoms with Crippen LogP contribution in [0, 0.1) is 20.8 Å². The molecule has 0 spiro atoms. The molecule has 0 fully saturated rings. The Labute approximate surface area is 148 Å². The zero-order valence-corrected chi connectivity index (χ0v) is 15.6. The topological polar surface area (TPSA) is 55.4 Å². The number of rotatable bonds is 4. The Kier molecular flexibility index (Phi) is 4.43. The minimum Gasteiger partial charge on any atom is -0.496 e. The van der Waals surface area contributed by atoms with E-state index in [-0.39, 0.29) is 4.90 Å². The molecule has 0 aromatic heterocycles. The van der Waals surface area contributed by atoms with Gasteiger partial charge in [0, 0.05) is 10.8 Å². The molecule has 0 unspecified atom stereocenters. The fourth-order valence-corrected chi connectivity index (χ4v) is 4.44. The molecular weight excluding hydrogens is 334 g/mol. The average Bonchev–Trinajstić information content (AvgIpc) is 2.54. The first-order valence-corrected chi connectivity index (χ1v) is 9.48. The number of methoxy groups -OCH3 is 1. The van der Waals surface area contributed by atoms with E-state index in [2.05, 4.69) is 4.72 Å². The van der Waals surface area contributed by atoms with Crippen molar-refractivity contribution in [3.05, 3.63) is 65.2 Å². The number of sulfonamides is 1. The van der Waals surface area contributed by atoms with Gasteiger partial charge in [0.2, 0.25) is 0 Å². The lowest BCUT2D eigenvalue weighted by Gasteiger charge is -2.16. The molecule has 0 saturated heterocycles. The molecule has 3 rings (SSSR count). The first-order valence-electron chi connectivity index (χ1n) is 8.00. The van der Waals surface area contributed by atoms with Crippen molar-refractivity contribution in [1.82, 2.24) is 0 Å². The molecule has 0 amide bonds. The van der Waals surface area contributed by atoms with Crippen LogP contribution >= 0.6 is 0 Å². The highest BCUT2D eigenvalue weighted by molar-refractivity contribution is 7.92. The highest BCUT2D eigenvalue weighted by Crippen LogP contribution is 2.36. The minimum absolute atomic E-state index is 0.288. The summed E-state index contributed by atoms with van der Waals surface area (Å²) in [6, 6.07) is 14.7. The molecular formula is C20H21NO3S. The highest BCUT2D eigenvalue weighted by Gasteiger charge is 2.19. The van der Waals surface area contributed by atoms with Gasteiger partial charge in [-0.1, -0.05) is 42.0 Å². The second-order valence-corrected chi connectivity index (χ2v) is 7.85. The summed E-state index contributed by atoms with van der Waals surface area (Å²) < 4.78 is 34.0. The summed E-state index contributed by atoms with van der Waals surface area (Å²) in [7, 11) is -2.06. The van der Waals surface area contributed by atoms with Crippen molar-refractivity contribution in [1.29, 1.82) is 0 Å². The third kappa shape index (κ3) is 3.20. The van der Waals surface area contributed by atoms with E-state index in [0.717, 1.165) is 33.2 Å². The number of ether oxygens (including phenoxy) is 1. The van der Waals surface area contributed by atoms with Crippen molar-refractivity contribution in [2.45, 2.75) is 25.7 Å². The van der Waals surface area contributed by atoms with Gasteiger partial charge in [-0.25, -0.2) is 8.42 Å². The second kappa shape index (κ2) is 6.41. The Hall–Kier alpha value is -2.53. The number of fused-ring (bicyclic) bond motifs is 1. The number of anilines is 1. The summed E-state index contributed by atoms with van der Waals surface area (Å²) in [6.07, 6.45) is 0. The fraction of sp³-hybridized carbons (Fsp3) is 0.200. The van der Waals surface area contributed by atoms with E-state index in [4.69, 9.17) is 4.74 Å². The van der Waals surface area contributed by atoms with Gasteiger partial charge in [0.15, 0.2) is 0 Å². The Bertz CT molecular complexity index is 1060. The minimum atomic E-state index is -3.68. The molecule has 0 aliphatic carbocycles. The quantitative estimate of drug-likeness (QED) is 0.745. The molecule has 0 saturated carbocycles. The summed E-state index contributed by atoms with van der Waals surface area (Å²) in [5.74, 6) is 0.755. The maximum absolute atomic E-state index is 12.9. The lowest BCUT2D eigenvalue weighted by molar-refractivity contribution is 0.417. The van der Waals surface area contributed by atoms with Crippen LogP contribution < -0.4 is 9.46 Å². The van der Waals surface area contributed by atoms with Gasteiger partial charge in [0.1, 0.15) is 5.75 Å². The monoisotopic (exact) mass is 355 g/mol. The van der Waals surface area contributed by atoms with E-state index in [0.29, 0.717) is 5.69 Å². The van der Waals surface area contributed by atoms with Crippen LogP contribution in [0.3, 0.4) is 0 Å². The summed E-state index contributed by atoms with van der Waals surface area (Å²) in [5.41, 5.74) is 3.18. The predicted octanol–water partition coefficient (Wildman–Crippen LogP) is 4.57. The lowest BCUT2D eigenvalue weighted by Crippen LogP contribution is -2.15. The Morgan fingerprint density at radius 3 is 2.20 bits per heavy atom. The van der Waals surface area contributed by atoms with E-state index in [1.165, 1.54) is 0 Å². The Morgan fingerprint density at radius 2 is 1.56 bits per heavy atom. The van der Waals surface area contributed by atoms with E-state index in [9.17, 15) is 8.42 Å². The number of benzene rings is 3. The molecule has 130 valence electrons. The van der Waals surface area contributed by atoms with Crippen LogP contribution in [0.4, 0.5) is 5.69 Å². The van der Waals surface area contributed by atoms with Crippen LogP contribution in [-0.2, 0) is 10.0 Å². The second-order valence-electron chi connectivity index (χ2n) is 6.19. The molecule has 0 heterocycles. The van der Waals surface area contributed by atoms with Crippen molar-refractivity contribution in [3.8, 4) is 5.75 Å². The molecule has 0 bridgehead atoms. The van der Waals surface area contributed by atoms with E-state index < -0.39 is 10.0 Å². The smallest absolute Gasteiger partial charge is 0.262 e. The molecule has 1 N–H and O–H groups in total. The predicted molar refractivity (Wildman–Crippen MR) is 102 cm³/mol. The molecule has 25 heavy (non-hydrogen) atoms. The van der Waals surface area contributed by atoms with Gasteiger partial charge in [-0.2, -0.15) is 0 Å². The summed E-state index contributed by atoms with van der Waals surface area (Å²) in [4.78, 5) is 0.288. The largest absolute Gasteiger partial charge is 0.496 e. The van der Waals surface area contributed by atoms with Crippen LogP contribution in [0.2, 0.25) is 0 Å². The third-order valence-corrected chi connectivity index (χ3v) is 5.77. The van der Waals surface area contributed by atoms with Crippen LogP contribution in [0.1, 0.15) is 16.7 Å². The SMILES string of the molecule is COc1c(C)cc(NS(=O)(=O)c2ccc(C)cc2C)c2ccccc12. The van der Waals surface area contributed by atoms with Crippen molar-refractivity contribution >= 4 is 26.5 Å². The molecule has 4 nitrogen and oxygen atoms in total. The standard InChI is InChI=1S/C20H21NO3S/c1-13-9-10-19(14(2)11-13)25(22,23)21-18-12-15(3)20(24-4)17-8-6-5-7-16(17)18/h5-12,21H,1-4H3. The van der Waals surface area contributed by atoms with Gasteiger partial charge in [-0.15, -0.1) is 0 Å². The maximum Gasteiger partial charge on any atom is 0.262 e. The fourth-order valence-electron chi connectivity index (χ4n) is 3.14. The van der Waals surface area contributed by atoms with Crippen molar-refractivity contribution in [3.63, 3.8) is 0 Å². The van der Waals surface area contributed by atoms with Crippen LogP contribution in [-0.4, -0.2) is 15.5 Å². The average molecular weight is 355 g/mol. The molecule has 5 heteroatoms. The first-order chi connectivity index (χ1) is 11.8. The van der Waals surface area contributed by atoms with E-state index in [1.807, 2.05) is 50.2 Å². The van der Waals surface area contributed by atoms with E-state index >= 15 is 0 Å². The van der Waals surface area contributed by atoms with Gasteiger partial charge in [-0.3, -0.25) is 4.72 Å². The van der Waals surface area contributed by atoms with Crippen molar-refractivity contribution in [2.24, 2.45) is 0 Å². The third-order valence-electron chi connectivity index (χ3n) is 4.25. The summed E-state index contributed by atoms with van der Waals surface area (Å²) in [5, 5.41) is 1.68. The molecule has 3 aromatic rings. The zero-order chi connectivity index (χ0) is 18.2. The molecule has 0 aliphatic rings. The van der Waals surface area contributed by atoms with Crippen LogP contribution in [0.5, 0.6) is 5.75 Å². The van der Waals surface area contributed by atoms with Crippen molar-refractivity contribution in [2.75, 3.05) is 11.8 Å². The maximum atomic E-state index is 12.9. The molecule has 0 aliphatic heterocycles. The number of hydrogen-bond donors (Lipinski definition) is 1. The molecule has 0 radical (unpaired) electrons. The highest BCUT2D eigenvalue weighted by atomic mass is 32.2. The van der Waals surface area contributed by atoms with Gasteiger partial charge >= 0.3 is 0 Å². The lowest BCUT2D eigenvalue weighted by atomic mass is 10.0. The van der Waals surface area contributed by atoms with Crippen LogP contribution in [0.25, 0.3) is 10.8 Å². The van der Waals surface area contributed by atoms with E-state index in [1.54, 1.807) is 26.2 Å². The summed E-state index contributed by atoms with van der Waals surface area (Å²) in [6.45, 7) is 5.65. The van der Waals surface area contributed by atoms with Crippen LogP contribution in [0.15, 0.2) is 53.4 Å². The van der Waals surface area contributed by atoms with Gasteiger partial charge in [0.05, 0.1) is 17.7 Å². The van der Waals surface area contributed by atoms with Gasteiger partial charge < -0.3 is 4.74 Å². The normalized spacial score (nSPS) is 11.5. The summed E-state index contributed by atoms with van der Waals surface area (Å²) >= 11 is 0. The number of hydrogen-bond acceptors (Lipinski definition) is 3. The van der Waals surface area contributed by atoms with Gasteiger partial charge in [-0.05, 0) is 44.0 Å². The van der Waals surface area contributed by atoms with Crippen molar-refractivity contribution < 1.29 is 13.2 Å². The molecule has 3 aromatic carbocycles. The number of nitrogens with one attached hydrogen (secondary N) is 1. The zero-order valence-electron chi connectivity index (χ0n) is 14.8. The Balaban J connectivity index is 2.15. The number of aryl methyl sites for hydroxylation is 3. The molecule has 0 atom stereocenters. The first kappa shape index (κ1) is 17.3. The van der Waals surface area contributed by atoms with Gasteiger partial charge in [0.25, 0.3) is 10.0 Å². The Morgan fingerprint density at radius 1 is 0.880 bits per heavy atom.